The van der Waals surface area contributed by atoms with Crippen LogP contribution in [0.2, 0.25) is 0 Å². The molecule has 110 valence electrons. The molecule has 1 aliphatic rings. The topological polar surface area (TPSA) is 32.6 Å². The maximum atomic E-state index is 4.82. The molecule has 0 unspecified atom stereocenters. The maximum absolute atomic E-state index is 4.82. The predicted molar refractivity (Wildman–Crippen MR) is 85.7 cm³/mol. The molecule has 2 aromatic heterocycles. The van der Waals surface area contributed by atoms with Crippen LogP contribution in [0.3, 0.4) is 0 Å². The van der Waals surface area contributed by atoms with E-state index in [4.69, 9.17) is 4.98 Å². The van der Waals surface area contributed by atoms with Crippen LogP contribution in [0.25, 0.3) is 4.96 Å². The molecule has 0 radical (unpaired) electrons. The largest absolute Gasteiger partial charge is 0.358 e. The lowest BCUT2D eigenvalue weighted by atomic mass is 10.2. The molecule has 0 atom stereocenters. The quantitative estimate of drug-likeness (QED) is 0.758. The molecule has 3 rings (SSSR count). The van der Waals surface area contributed by atoms with Crippen molar-refractivity contribution in [2.75, 3.05) is 18.5 Å². The summed E-state index contributed by atoms with van der Waals surface area (Å²) in [5.74, 6) is 1.15. The lowest BCUT2D eigenvalue weighted by Crippen LogP contribution is -2.23. The van der Waals surface area contributed by atoms with Gasteiger partial charge in [-0.3, -0.25) is 4.40 Å². The van der Waals surface area contributed by atoms with E-state index < -0.39 is 0 Å². The summed E-state index contributed by atoms with van der Waals surface area (Å²) in [5, 5.41) is 5.74. The summed E-state index contributed by atoms with van der Waals surface area (Å²) in [7, 11) is 2.17. The molecule has 5 heteroatoms. The first-order valence-corrected chi connectivity index (χ1v) is 8.56. The Morgan fingerprint density at radius 2 is 2.30 bits per heavy atom. The van der Waals surface area contributed by atoms with Crippen LogP contribution in [0.15, 0.2) is 11.6 Å². The van der Waals surface area contributed by atoms with Crippen LogP contribution in [0.5, 0.6) is 0 Å². The first-order chi connectivity index (χ1) is 9.79. The fourth-order valence-electron chi connectivity index (χ4n) is 2.52. The minimum Gasteiger partial charge on any atom is -0.358 e. The van der Waals surface area contributed by atoms with Gasteiger partial charge in [0.15, 0.2) is 10.8 Å². The minimum atomic E-state index is 0.734. The number of hydrogen-bond donors (Lipinski definition) is 1. The molecule has 1 N–H and O–H groups in total. The number of unbranched alkanes of at least 4 members (excludes halogenated alkanes) is 2. The fourth-order valence-corrected chi connectivity index (χ4v) is 3.25. The number of thiazole rings is 1. The van der Waals surface area contributed by atoms with Crippen molar-refractivity contribution in [3.05, 3.63) is 17.3 Å². The zero-order valence-corrected chi connectivity index (χ0v) is 13.2. The fraction of sp³-hybridized carbons (Fsp3) is 0.667. The van der Waals surface area contributed by atoms with E-state index in [-0.39, 0.29) is 0 Å². The SMILES string of the molecule is CCCCCN(C)c1nc2sccn2c1CNC1CC1. The van der Waals surface area contributed by atoms with Gasteiger partial charge in [-0.05, 0) is 19.3 Å². The standard InChI is InChI=1S/C15H24N4S/c1-3-4-5-8-18(2)14-13(11-16-12-6-7-12)19-9-10-20-15(19)17-14/h9-10,12,16H,3-8,11H2,1-2H3. The van der Waals surface area contributed by atoms with E-state index in [0.29, 0.717) is 0 Å². The third-order valence-corrected chi connectivity index (χ3v) is 4.69. The van der Waals surface area contributed by atoms with Gasteiger partial charge >= 0.3 is 0 Å². The average molecular weight is 292 g/mol. The highest BCUT2D eigenvalue weighted by atomic mass is 32.1. The number of nitrogens with one attached hydrogen (secondary N) is 1. The lowest BCUT2D eigenvalue weighted by molar-refractivity contribution is 0.662. The summed E-state index contributed by atoms with van der Waals surface area (Å²) >= 11 is 1.72. The summed E-state index contributed by atoms with van der Waals surface area (Å²) in [4.78, 5) is 8.24. The number of imidazole rings is 1. The van der Waals surface area contributed by atoms with Gasteiger partial charge in [0.1, 0.15) is 0 Å². The number of rotatable bonds is 8. The van der Waals surface area contributed by atoms with Crippen molar-refractivity contribution >= 4 is 22.1 Å². The highest BCUT2D eigenvalue weighted by Gasteiger charge is 2.23. The Balaban J connectivity index is 1.76. The molecule has 2 aromatic rings. The maximum Gasteiger partial charge on any atom is 0.195 e. The second-order valence-corrected chi connectivity index (χ2v) is 6.59. The second kappa shape index (κ2) is 6.14. The molecule has 0 aromatic carbocycles. The number of aromatic nitrogens is 2. The molecule has 2 heterocycles. The van der Waals surface area contributed by atoms with Crippen LogP contribution >= 0.6 is 11.3 Å². The molecule has 1 fully saturated rings. The second-order valence-electron chi connectivity index (χ2n) is 5.72. The van der Waals surface area contributed by atoms with Gasteiger partial charge in [-0.2, -0.15) is 0 Å². The average Bonchev–Trinajstić information content (AvgIpc) is 3.04. The van der Waals surface area contributed by atoms with Gasteiger partial charge < -0.3 is 10.2 Å². The Labute approximate surface area is 124 Å². The van der Waals surface area contributed by atoms with E-state index in [9.17, 15) is 0 Å². The smallest absolute Gasteiger partial charge is 0.195 e. The van der Waals surface area contributed by atoms with Gasteiger partial charge in [0.25, 0.3) is 0 Å². The van der Waals surface area contributed by atoms with Gasteiger partial charge in [-0.15, -0.1) is 11.3 Å². The number of anilines is 1. The van der Waals surface area contributed by atoms with E-state index in [1.807, 2.05) is 0 Å². The Kier molecular flexibility index (Phi) is 4.27. The predicted octanol–water partition coefficient (Wildman–Crippen LogP) is 3.27. The van der Waals surface area contributed by atoms with Crippen LogP contribution in [0, 0.1) is 0 Å². The van der Waals surface area contributed by atoms with Crippen molar-refractivity contribution in [3.63, 3.8) is 0 Å². The van der Waals surface area contributed by atoms with E-state index in [0.717, 1.165) is 29.9 Å². The summed E-state index contributed by atoms with van der Waals surface area (Å²) in [6.45, 7) is 4.27. The Morgan fingerprint density at radius 1 is 1.45 bits per heavy atom. The molecule has 4 nitrogen and oxygen atoms in total. The monoisotopic (exact) mass is 292 g/mol. The molecular formula is C15H24N4S. The van der Waals surface area contributed by atoms with Crippen LogP contribution in [-0.4, -0.2) is 29.0 Å². The molecule has 0 amide bonds. The van der Waals surface area contributed by atoms with Crippen LogP contribution in [-0.2, 0) is 6.54 Å². The summed E-state index contributed by atoms with van der Waals surface area (Å²) < 4.78 is 2.24. The van der Waals surface area contributed by atoms with Crippen LogP contribution < -0.4 is 10.2 Å². The van der Waals surface area contributed by atoms with Crippen molar-refractivity contribution in [3.8, 4) is 0 Å². The van der Waals surface area contributed by atoms with E-state index in [2.05, 4.69) is 40.2 Å². The Morgan fingerprint density at radius 3 is 3.05 bits per heavy atom. The number of hydrogen-bond acceptors (Lipinski definition) is 4. The first kappa shape index (κ1) is 13.9. The van der Waals surface area contributed by atoms with Crippen molar-refractivity contribution in [1.29, 1.82) is 0 Å². The molecule has 0 spiro atoms. The lowest BCUT2D eigenvalue weighted by Gasteiger charge is -2.18. The zero-order chi connectivity index (χ0) is 13.9. The minimum absolute atomic E-state index is 0.734. The summed E-state index contributed by atoms with van der Waals surface area (Å²) in [5.41, 5.74) is 1.31. The molecular weight excluding hydrogens is 268 g/mol. The van der Waals surface area contributed by atoms with Crippen molar-refractivity contribution in [2.24, 2.45) is 0 Å². The van der Waals surface area contributed by atoms with Gasteiger partial charge in [0, 0.05) is 37.8 Å². The number of fused-ring (bicyclic) bond motifs is 1. The third-order valence-electron chi connectivity index (χ3n) is 3.93. The molecule has 1 saturated carbocycles. The van der Waals surface area contributed by atoms with Gasteiger partial charge in [-0.1, -0.05) is 19.8 Å². The van der Waals surface area contributed by atoms with Crippen molar-refractivity contribution in [1.82, 2.24) is 14.7 Å². The first-order valence-electron chi connectivity index (χ1n) is 7.68. The van der Waals surface area contributed by atoms with Crippen LogP contribution in [0.1, 0.15) is 44.7 Å². The third kappa shape index (κ3) is 2.99. The van der Waals surface area contributed by atoms with E-state index >= 15 is 0 Å². The van der Waals surface area contributed by atoms with Crippen LogP contribution in [0.4, 0.5) is 5.82 Å². The van der Waals surface area contributed by atoms with Crippen molar-refractivity contribution < 1.29 is 0 Å². The molecule has 0 aliphatic heterocycles. The molecule has 20 heavy (non-hydrogen) atoms. The summed E-state index contributed by atoms with van der Waals surface area (Å²) in [6, 6.07) is 0.734. The van der Waals surface area contributed by atoms with Gasteiger partial charge in [0.05, 0.1) is 5.69 Å². The molecule has 1 aliphatic carbocycles. The molecule has 0 bridgehead atoms. The van der Waals surface area contributed by atoms with Gasteiger partial charge in [-0.25, -0.2) is 4.98 Å². The highest BCUT2D eigenvalue weighted by molar-refractivity contribution is 7.15. The number of nitrogens with zero attached hydrogens (tertiary/aromatic N) is 3. The Bertz CT molecular complexity index is 555. The Hall–Kier alpha value is -1.07. The normalized spacial score (nSPS) is 15.1. The zero-order valence-electron chi connectivity index (χ0n) is 12.4. The molecule has 0 saturated heterocycles. The van der Waals surface area contributed by atoms with Crippen molar-refractivity contribution in [2.45, 2.75) is 51.6 Å². The summed E-state index contributed by atoms with van der Waals surface area (Å²) in [6.07, 6.45) is 8.60. The van der Waals surface area contributed by atoms with E-state index in [1.165, 1.54) is 37.8 Å². The van der Waals surface area contributed by atoms with Gasteiger partial charge in [0.2, 0.25) is 0 Å². The van der Waals surface area contributed by atoms with E-state index in [1.54, 1.807) is 11.3 Å². The highest BCUT2D eigenvalue weighted by Crippen LogP contribution is 2.26.